The number of aryl methyl sites for hydroxylation is 2. The summed E-state index contributed by atoms with van der Waals surface area (Å²) in [6.45, 7) is 3.86. The molecule has 7 nitrogen and oxygen atoms in total. The van der Waals surface area contributed by atoms with Crippen molar-refractivity contribution in [1.82, 2.24) is 16.2 Å². The van der Waals surface area contributed by atoms with E-state index in [2.05, 4.69) is 21.5 Å². The molecule has 0 spiro atoms. The second-order valence-corrected chi connectivity index (χ2v) is 7.70. The van der Waals surface area contributed by atoms with E-state index in [1.54, 1.807) is 0 Å². The molecule has 0 aliphatic heterocycles. The lowest BCUT2D eigenvalue weighted by atomic mass is 10.1. The van der Waals surface area contributed by atoms with Gasteiger partial charge in [-0.2, -0.15) is 0 Å². The number of carbonyl (C=O) groups excluding carboxylic acids is 3. The third-order valence-corrected chi connectivity index (χ3v) is 4.71. The normalized spacial score (nSPS) is 10.1. The van der Waals surface area contributed by atoms with E-state index in [4.69, 9.17) is 35.4 Å². The molecule has 0 aromatic heterocycles. The highest BCUT2D eigenvalue weighted by Gasteiger charge is 2.13. The standard InChI is InChI=1S/C20H20Cl2N4O3S/c1-11-3-6-16(12(2)9-11)23-17(27)7-8-18(28)25-26-20(30)24-19(29)14-5-4-13(21)10-15(14)22/h3-6,9-10H,7-8H2,1-2H3,(H,23,27)(H,25,28)(H2,24,26,29,30). The van der Waals surface area contributed by atoms with Gasteiger partial charge in [0.25, 0.3) is 5.91 Å². The Bertz CT molecular complexity index is 998. The van der Waals surface area contributed by atoms with Crippen molar-refractivity contribution in [3.05, 3.63) is 63.1 Å². The molecule has 0 saturated carbocycles. The maximum absolute atomic E-state index is 12.1. The van der Waals surface area contributed by atoms with Crippen LogP contribution in [0.5, 0.6) is 0 Å². The van der Waals surface area contributed by atoms with Crippen molar-refractivity contribution in [2.24, 2.45) is 0 Å². The summed E-state index contributed by atoms with van der Waals surface area (Å²) in [5.41, 5.74) is 7.64. The van der Waals surface area contributed by atoms with Crippen LogP contribution in [0.1, 0.15) is 34.3 Å². The molecule has 3 amide bonds. The lowest BCUT2D eigenvalue weighted by molar-refractivity contribution is -0.124. The Hall–Kier alpha value is -2.68. The monoisotopic (exact) mass is 466 g/mol. The fourth-order valence-electron chi connectivity index (χ4n) is 2.46. The Morgan fingerprint density at radius 2 is 1.63 bits per heavy atom. The van der Waals surface area contributed by atoms with Gasteiger partial charge in [-0.15, -0.1) is 0 Å². The average Bonchev–Trinajstić information content (AvgIpc) is 2.66. The summed E-state index contributed by atoms with van der Waals surface area (Å²) in [6, 6.07) is 10.1. The predicted octanol–water partition coefficient (Wildman–Crippen LogP) is 3.66. The molecule has 0 heterocycles. The molecule has 2 aromatic carbocycles. The van der Waals surface area contributed by atoms with E-state index >= 15 is 0 Å². The van der Waals surface area contributed by atoms with E-state index in [0.717, 1.165) is 11.1 Å². The van der Waals surface area contributed by atoms with Crippen molar-refractivity contribution in [3.63, 3.8) is 0 Å². The lowest BCUT2D eigenvalue weighted by Crippen LogP contribution is -2.48. The molecule has 0 aliphatic carbocycles. The predicted molar refractivity (Wildman–Crippen MR) is 122 cm³/mol. The van der Waals surface area contributed by atoms with E-state index in [9.17, 15) is 14.4 Å². The Balaban J connectivity index is 1.73. The molecule has 4 N–H and O–H groups in total. The number of thiocarbonyl (C=S) groups is 1. The summed E-state index contributed by atoms with van der Waals surface area (Å²) in [4.78, 5) is 36.1. The number of hydrogen-bond acceptors (Lipinski definition) is 4. The first-order valence-electron chi connectivity index (χ1n) is 8.88. The van der Waals surface area contributed by atoms with Crippen LogP contribution in [0.25, 0.3) is 0 Å². The SMILES string of the molecule is Cc1ccc(NC(=O)CCC(=O)NNC(=S)NC(=O)c2ccc(Cl)cc2Cl)c(C)c1. The van der Waals surface area contributed by atoms with Gasteiger partial charge < -0.3 is 5.32 Å². The van der Waals surface area contributed by atoms with Crippen LogP contribution in [0.3, 0.4) is 0 Å². The van der Waals surface area contributed by atoms with Gasteiger partial charge in [0.05, 0.1) is 10.6 Å². The first kappa shape index (κ1) is 23.6. The molecule has 2 rings (SSSR count). The molecule has 0 atom stereocenters. The number of anilines is 1. The van der Waals surface area contributed by atoms with Crippen LogP contribution in [0.2, 0.25) is 10.0 Å². The smallest absolute Gasteiger partial charge is 0.258 e. The zero-order valence-electron chi connectivity index (χ0n) is 16.3. The first-order valence-corrected chi connectivity index (χ1v) is 10.0. The molecule has 0 unspecified atom stereocenters. The van der Waals surface area contributed by atoms with Crippen molar-refractivity contribution >= 4 is 63.9 Å². The minimum atomic E-state index is -0.559. The third kappa shape index (κ3) is 7.29. The molecule has 158 valence electrons. The Labute approximate surface area is 189 Å². The number of hydrogen-bond donors (Lipinski definition) is 4. The van der Waals surface area contributed by atoms with Crippen LogP contribution < -0.4 is 21.5 Å². The van der Waals surface area contributed by atoms with Crippen molar-refractivity contribution in [1.29, 1.82) is 0 Å². The van der Waals surface area contributed by atoms with Crippen LogP contribution in [0.15, 0.2) is 36.4 Å². The number of nitrogens with one attached hydrogen (secondary N) is 4. The largest absolute Gasteiger partial charge is 0.326 e. The summed E-state index contributed by atoms with van der Waals surface area (Å²) < 4.78 is 0. The van der Waals surface area contributed by atoms with E-state index in [1.165, 1.54) is 18.2 Å². The van der Waals surface area contributed by atoms with Crippen molar-refractivity contribution < 1.29 is 14.4 Å². The summed E-state index contributed by atoms with van der Waals surface area (Å²) in [6.07, 6.45) is -0.0797. The van der Waals surface area contributed by atoms with Crippen LogP contribution in [0.4, 0.5) is 5.69 Å². The molecular formula is C20H20Cl2N4O3S. The fourth-order valence-corrected chi connectivity index (χ4v) is 3.10. The number of amides is 3. The highest BCUT2D eigenvalue weighted by atomic mass is 35.5. The van der Waals surface area contributed by atoms with Gasteiger partial charge in [0.2, 0.25) is 11.8 Å². The highest BCUT2D eigenvalue weighted by molar-refractivity contribution is 7.80. The van der Waals surface area contributed by atoms with Crippen LogP contribution in [-0.2, 0) is 9.59 Å². The molecule has 30 heavy (non-hydrogen) atoms. The van der Waals surface area contributed by atoms with Gasteiger partial charge in [-0.3, -0.25) is 30.6 Å². The maximum Gasteiger partial charge on any atom is 0.258 e. The third-order valence-electron chi connectivity index (χ3n) is 3.95. The number of carbonyl (C=O) groups is 3. The summed E-state index contributed by atoms with van der Waals surface area (Å²) in [5.74, 6) is -1.31. The summed E-state index contributed by atoms with van der Waals surface area (Å²) >= 11 is 16.7. The van der Waals surface area contributed by atoms with Crippen LogP contribution in [0, 0.1) is 13.8 Å². The quantitative estimate of drug-likeness (QED) is 0.397. The highest BCUT2D eigenvalue weighted by Crippen LogP contribution is 2.20. The van der Waals surface area contributed by atoms with Gasteiger partial charge in [0.1, 0.15) is 0 Å². The molecule has 0 radical (unpaired) electrons. The molecule has 0 bridgehead atoms. The molecule has 0 fully saturated rings. The van der Waals surface area contributed by atoms with Crippen LogP contribution in [-0.4, -0.2) is 22.8 Å². The van der Waals surface area contributed by atoms with E-state index < -0.39 is 11.8 Å². The zero-order chi connectivity index (χ0) is 22.3. The Morgan fingerprint density at radius 1 is 0.933 bits per heavy atom. The van der Waals surface area contributed by atoms with Gasteiger partial charge in [0.15, 0.2) is 5.11 Å². The van der Waals surface area contributed by atoms with E-state index in [0.29, 0.717) is 10.7 Å². The van der Waals surface area contributed by atoms with Crippen molar-refractivity contribution in [2.75, 3.05) is 5.32 Å². The van der Waals surface area contributed by atoms with Gasteiger partial charge in [-0.05, 0) is 55.9 Å². The average molecular weight is 467 g/mol. The molecule has 2 aromatic rings. The lowest BCUT2D eigenvalue weighted by Gasteiger charge is -2.12. The second kappa shape index (κ2) is 10.9. The molecule has 0 aliphatic rings. The number of hydrazine groups is 1. The number of benzene rings is 2. The van der Waals surface area contributed by atoms with Gasteiger partial charge in [0, 0.05) is 23.6 Å². The molecule has 0 saturated heterocycles. The van der Waals surface area contributed by atoms with Gasteiger partial charge in [-0.1, -0.05) is 40.9 Å². The minimum Gasteiger partial charge on any atom is -0.326 e. The summed E-state index contributed by atoms with van der Waals surface area (Å²) in [7, 11) is 0. The van der Waals surface area contributed by atoms with Gasteiger partial charge in [-0.25, -0.2) is 0 Å². The zero-order valence-corrected chi connectivity index (χ0v) is 18.6. The van der Waals surface area contributed by atoms with Crippen LogP contribution >= 0.6 is 35.4 Å². The van der Waals surface area contributed by atoms with Gasteiger partial charge >= 0.3 is 0 Å². The molecule has 10 heteroatoms. The van der Waals surface area contributed by atoms with Crippen molar-refractivity contribution in [2.45, 2.75) is 26.7 Å². The first-order chi connectivity index (χ1) is 14.2. The Kier molecular flexibility index (Phi) is 8.58. The maximum atomic E-state index is 12.1. The minimum absolute atomic E-state index is 0.0136. The fraction of sp³-hybridized carbons (Fsp3) is 0.200. The number of rotatable bonds is 5. The van der Waals surface area contributed by atoms with E-state index in [1.807, 2.05) is 32.0 Å². The Morgan fingerprint density at radius 3 is 2.30 bits per heavy atom. The summed E-state index contributed by atoms with van der Waals surface area (Å²) in [5, 5.41) is 5.58. The molecular weight excluding hydrogens is 447 g/mol. The number of halogens is 2. The van der Waals surface area contributed by atoms with E-state index in [-0.39, 0.29) is 34.4 Å². The topological polar surface area (TPSA) is 99.3 Å². The second-order valence-electron chi connectivity index (χ2n) is 6.45. The van der Waals surface area contributed by atoms with Crippen molar-refractivity contribution in [3.8, 4) is 0 Å².